The molecule has 0 aromatic heterocycles. The van der Waals surface area contributed by atoms with Crippen LogP contribution in [0.1, 0.15) is 116 Å². The van der Waals surface area contributed by atoms with Crippen molar-refractivity contribution in [2.75, 3.05) is 0 Å². The lowest BCUT2D eigenvalue weighted by Crippen LogP contribution is -2.15. The second-order valence-electron chi connectivity index (χ2n) is 11.4. The van der Waals surface area contributed by atoms with Crippen LogP contribution in [0.15, 0.2) is 54.6 Å². The summed E-state index contributed by atoms with van der Waals surface area (Å²) in [6, 6.07) is 16.3. The summed E-state index contributed by atoms with van der Waals surface area (Å²) in [4.78, 5) is 0. The topological polar surface area (TPSA) is 60.7 Å². The van der Waals surface area contributed by atoms with Gasteiger partial charge in [-0.25, -0.2) is 0 Å². The predicted molar refractivity (Wildman–Crippen MR) is 183 cm³/mol. The first-order chi connectivity index (χ1) is 20.0. The van der Waals surface area contributed by atoms with Gasteiger partial charge in [-0.2, -0.15) is 0 Å². The van der Waals surface area contributed by atoms with Crippen molar-refractivity contribution >= 4 is 34.8 Å². The van der Waals surface area contributed by atoms with Gasteiger partial charge in [0.25, 0.3) is 0 Å². The molecule has 0 aliphatic carbocycles. The zero-order valence-electron chi connectivity index (χ0n) is 26.2. The molecule has 3 nitrogen and oxygen atoms in total. The van der Waals surface area contributed by atoms with E-state index >= 15 is 0 Å². The van der Waals surface area contributed by atoms with Gasteiger partial charge >= 0.3 is 0 Å². The molecule has 0 radical (unpaired) electrons. The van der Waals surface area contributed by atoms with Gasteiger partial charge in [0.05, 0.1) is 15.1 Å². The Labute approximate surface area is 269 Å². The number of halogens is 3. The molecule has 6 heteroatoms. The normalized spacial score (nSPS) is 10.9. The molecule has 0 aliphatic rings. The fourth-order valence-electron chi connectivity index (χ4n) is 4.41. The van der Waals surface area contributed by atoms with E-state index in [-0.39, 0.29) is 22.7 Å². The van der Waals surface area contributed by atoms with Gasteiger partial charge in [0.1, 0.15) is 17.2 Å². The molecule has 0 aliphatic heterocycles. The Balaban J connectivity index is 0.000000316. The van der Waals surface area contributed by atoms with Gasteiger partial charge in [-0.15, -0.1) is 0 Å². The van der Waals surface area contributed by atoms with E-state index in [1.54, 1.807) is 18.2 Å². The third-order valence-electron chi connectivity index (χ3n) is 7.56. The minimum Gasteiger partial charge on any atom is -0.506 e. The summed E-state index contributed by atoms with van der Waals surface area (Å²) in [5.74, 6) is 0.558. The standard InChI is InChI=1S/C13H19ClO.C12H17ClO.C11H15ClO/c1-2-3-4-5-6-8-11-9-7-10-12(15)13(11)14;1-2-3-4-5-7-10-8-6-9-11(14)12(10)13;1-4-11(2,3)8-6-5-7-9(13)10(8)12/h7,9-10,15H,2-6,8H2,1H3;6,8-9,14H,2-5,7H2,1H3;5-7,13H,4H2,1-3H3. The summed E-state index contributed by atoms with van der Waals surface area (Å²) < 4.78 is 0. The van der Waals surface area contributed by atoms with E-state index in [0.29, 0.717) is 15.1 Å². The highest BCUT2D eigenvalue weighted by molar-refractivity contribution is 6.33. The number of aryl methyl sites for hydroxylation is 2. The molecule has 0 spiro atoms. The van der Waals surface area contributed by atoms with Gasteiger partial charge in [0.2, 0.25) is 0 Å². The second kappa shape index (κ2) is 20.8. The summed E-state index contributed by atoms with van der Waals surface area (Å²) in [5.41, 5.74) is 3.16. The minimum absolute atomic E-state index is 0.0236. The highest BCUT2D eigenvalue weighted by atomic mass is 35.5. The molecule has 0 amide bonds. The van der Waals surface area contributed by atoms with Crippen molar-refractivity contribution in [2.24, 2.45) is 0 Å². The molecule has 0 atom stereocenters. The van der Waals surface area contributed by atoms with Crippen LogP contribution in [-0.4, -0.2) is 15.3 Å². The van der Waals surface area contributed by atoms with Crippen molar-refractivity contribution < 1.29 is 15.3 Å². The number of phenols is 3. The first-order valence-electron chi connectivity index (χ1n) is 15.4. The van der Waals surface area contributed by atoms with Crippen LogP contribution in [0, 0.1) is 0 Å². The van der Waals surface area contributed by atoms with Crippen LogP contribution in [0.4, 0.5) is 0 Å². The third-order valence-corrected chi connectivity index (χ3v) is 8.83. The predicted octanol–water partition coefficient (Wildman–Crippen LogP) is 12.5. The maximum Gasteiger partial charge on any atom is 0.134 e. The highest BCUT2D eigenvalue weighted by Crippen LogP contribution is 2.37. The zero-order chi connectivity index (χ0) is 31.5. The molecule has 234 valence electrons. The number of phenolic OH excluding ortho intramolecular Hbond substituents is 3. The summed E-state index contributed by atoms with van der Waals surface area (Å²) in [6.07, 6.45) is 14.1. The Hall–Kier alpha value is -2.07. The van der Waals surface area contributed by atoms with Gasteiger partial charge in [0, 0.05) is 0 Å². The Morgan fingerprint density at radius 3 is 1.33 bits per heavy atom. The number of unbranched alkanes of at least 4 members (excludes halogenated alkanes) is 7. The Kier molecular flexibility index (Phi) is 18.8. The summed E-state index contributed by atoms with van der Waals surface area (Å²) in [6.45, 7) is 10.8. The SMILES string of the molecule is CCC(C)(C)c1cccc(O)c1Cl.CCCCCCCc1cccc(O)c1Cl.CCCCCCc1cccc(O)c1Cl. The van der Waals surface area contributed by atoms with Crippen molar-refractivity contribution in [3.8, 4) is 17.2 Å². The monoisotopic (exact) mass is 636 g/mol. The number of rotatable bonds is 13. The molecule has 0 heterocycles. The molecule has 0 saturated carbocycles. The van der Waals surface area contributed by atoms with Crippen LogP contribution in [-0.2, 0) is 18.3 Å². The van der Waals surface area contributed by atoms with E-state index in [0.717, 1.165) is 48.8 Å². The first kappa shape index (κ1) is 38.0. The molecule has 3 N–H and O–H groups in total. The van der Waals surface area contributed by atoms with Gasteiger partial charge < -0.3 is 15.3 Å². The van der Waals surface area contributed by atoms with E-state index < -0.39 is 0 Å². The lowest BCUT2D eigenvalue weighted by atomic mass is 9.82. The van der Waals surface area contributed by atoms with Crippen LogP contribution >= 0.6 is 34.8 Å². The van der Waals surface area contributed by atoms with Crippen molar-refractivity contribution in [1.82, 2.24) is 0 Å². The van der Waals surface area contributed by atoms with Crippen molar-refractivity contribution in [3.63, 3.8) is 0 Å². The maximum atomic E-state index is 9.43. The molecule has 42 heavy (non-hydrogen) atoms. The molecule has 0 saturated heterocycles. The van der Waals surface area contributed by atoms with Gasteiger partial charge in [-0.05, 0) is 72.4 Å². The van der Waals surface area contributed by atoms with E-state index in [1.165, 1.54) is 44.9 Å². The van der Waals surface area contributed by atoms with Gasteiger partial charge in [-0.3, -0.25) is 0 Å². The maximum absolute atomic E-state index is 9.43. The molecule has 0 unspecified atom stereocenters. The van der Waals surface area contributed by atoms with Crippen LogP contribution < -0.4 is 0 Å². The molecular weight excluding hydrogens is 587 g/mol. The van der Waals surface area contributed by atoms with Gasteiger partial charge in [0.15, 0.2) is 0 Å². The Morgan fingerprint density at radius 2 is 0.905 bits per heavy atom. The average Bonchev–Trinajstić information content (AvgIpc) is 2.97. The number of benzene rings is 3. The molecule has 3 rings (SSSR count). The minimum atomic E-state index is 0.0236. The summed E-state index contributed by atoms with van der Waals surface area (Å²) in [5, 5.41) is 29.7. The van der Waals surface area contributed by atoms with Crippen LogP contribution in [0.25, 0.3) is 0 Å². The number of aromatic hydroxyl groups is 3. The van der Waals surface area contributed by atoms with Crippen LogP contribution in [0.3, 0.4) is 0 Å². The molecule has 3 aromatic rings. The Bertz CT molecular complexity index is 1180. The number of hydrogen-bond acceptors (Lipinski definition) is 3. The van der Waals surface area contributed by atoms with Gasteiger partial charge in [-0.1, -0.05) is 151 Å². The van der Waals surface area contributed by atoms with Crippen LogP contribution in [0.2, 0.25) is 15.1 Å². The van der Waals surface area contributed by atoms with E-state index in [1.807, 2.05) is 36.4 Å². The fourth-order valence-corrected chi connectivity index (χ4v) is 5.24. The van der Waals surface area contributed by atoms with E-state index in [4.69, 9.17) is 34.8 Å². The van der Waals surface area contributed by atoms with Crippen molar-refractivity contribution in [2.45, 2.75) is 117 Å². The summed E-state index contributed by atoms with van der Waals surface area (Å²) >= 11 is 17.9. The molecule has 0 bridgehead atoms. The smallest absolute Gasteiger partial charge is 0.134 e. The number of hydrogen-bond donors (Lipinski definition) is 3. The highest BCUT2D eigenvalue weighted by Gasteiger charge is 2.22. The fraction of sp³-hybridized carbons (Fsp3) is 0.500. The molecular formula is C36H51Cl3O3. The van der Waals surface area contributed by atoms with Crippen molar-refractivity contribution in [3.05, 3.63) is 86.4 Å². The van der Waals surface area contributed by atoms with E-state index in [2.05, 4.69) is 34.6 Å². The lowest BCUT2D eigenvalue weighted by Gasteiger charge is -2.24. The Morgan fingerprint density at radius 1 is 0.524 bits per heavy atom. The zero-order valence-corrected chi connectivity index (χ0v) is 28.4. The van der Waals surface area contributed by atoms with Crippen molar-refractivity contribution in [1.29, 1.82) is 0 Å². The third kappa shape index (κ3) is 13.5. The first-order valence-corrected chi connectivity index (χ1v) is 16.5. The van der Waals surface area contributed by atoms with E-state index in [9.17, 15) is 15.3 Å². The molecule has 3 aromatic carbocycles. The van der Waals surface area contributed by atoms with Crippen LogP contribution in [0.5, 0.6) is 17.2 Å². The quantitative estimate of drug-likeness (QED) is 0.163. The lowest BCUT2D eigenvalue weighted by molar-refractivity contribution is 0.465. The average molecular weight is 638 g/mol. The molecule has 0 fully saturated rings. The largest absolute Gasteiger partial charge is 0.506 e. The summed E-state index contributed by atoms with van der Waals surface area (Å²) in [7, 11) is 0. The second-order valence-corrected chi connectivity index (χ2v) is 12.5.